The van der Waals surface area contributed by atoms with Crippen molar-refractivity contribution in [2.75, 3.05) is 13.1 Å². The number of fused-ring (bicyclic) bond motifs is 1. The Hall–Kier alpha value is -1.95. The van der Waals surface area contributed by atoms with Gasteiger partial charge in [-0.15, -0.1) is 0 Å². The van der Waals surface area contributed by atoms with Crippen LogP contribution in [0.15, 0.2) is 16.9 Å². The van der Waals surface area contributed by atoms with Gasteiger partial charge in [0.1, 0.15) is 0 Å². The predicted molar refractivity (Wildman–Crippen MR) is 96.5 cm³/mol. The second-order valence-electron chi connectivity index (χ2n) is 7.55. The molecule has 3 heterocycles. The molecule has 1 N–H and O–H groups in total. The van der Waals surface area contributed by atoms with Gasteiger partial charge in [0.15, 0.2) is 0 Å². The van der Waals surface area contributed by atoms with Gasteiger partial charge in [-0.2, -0.15) is 10.2 Å². The Morgan fingerprint density at radius 1 is 1.20 bits per heavy atom. The van der Waals surface area contributed by atoms with Crippen molar-refractivity contribution in [1.82, 2.24) is 24.9 Å². The molecule has 25 heavy (non-hydrogen) atoms. The Balaban J connectivity index is 1.33. The number of aryl methyl sites for hydroxylation is 2. The van der Waals surface area contributed by atoms with Gasteiger partial charge in [0.25, 0.3) is 5.56 Å². The molecule has 1 saturated heterocycles. The summed E-state index contributed by atoms with van der Waals surface area (Å²) in [6, 6.07) is 3.41. The van der Waals surface area contributed by atoms with Crippen LogP contribution in [-0.2, 0) is 25.9 Å². The maximum Gasteiger partial charge on any atom is 0.266 e. The fourth-order valence-electron chi connectivity index (χ4n) is 4.15. The van der Waals surface area contributed by atoms with Crippen LogP contribution in [-0.4, -0.2) is 38.0 Å². The van der Waals surface area contributed by atoms with E-state index in [1.165, 1.54) is 36.2 Å². The van der Waals surface area contributed by atoms with Crippen LogP contribution in [0, 0.1) is 12.8 Å². The zero-order valence-corrected chi connectivity index (χ0v) is 15.0. The molecule has 2 aromatic heterocycles. The molecule has 134 valence electrons. The summed E-state index contributed by atoms with van der Waals surface area (Å²) in [6.45, 7) is 5.79. The first-order valence-corrected chi connectivity index (χ1v) is 9.51. The second kappa shape index (κ2) is 7.12. The van der Waals surface area contributed by atoms with Crippen LogP contribution in [0.1, 0.15) is 48.3 Å². The highest BCUT2D eigenvalue weighted by Gasteiger charge is 2.23. The topological polar surface area (TPSA) is 66.8 Å². The molecule has 0 amide bonds. The summed E-state index contributed by atoms with van der Waals surface area (Å²) >= 11 is 0. The van der Waals surface area contributed by atoms with E-state index >= 15 is 0 Å². The van der Waals surface area contributed by atoms with E-state index in [-0.39, 0.29) is 5.56 Å². The van der Waals surface area contributed by atoms with Crippen LogP contribution >= 0.6 is 0 Å². The lowest BCUT2D eigenvalue weighted by Gasteiger charge is -2.31. The Morgan fingerprint density at radius 3 is 2.84 bits per heavy atom. The molecule has 1 fully saturated rings. The third-order valence-electron chi connectivity index (χ3n) is 5.65. The van der Waals surface area contributed by atoms with Crippen molar-refractivity contribution in [1.29, 1.82) is 0 Å². The predicted octanol–water partition coefficient (Wildman–Crippen LogP) is 2.07. The van der Waals surface area contributed by atoms with E-state index in [1.807, 2.05) is 6.92 Å². The fraction of sp³-hybridized carbons (Fsp3) is 0.632. The van der Waals surface area contributed by atoms with Gasteiger partial charge >= 0.3 is 0 Å². The van der Waals surface area contributed by atoms with Gasteiger partial charge in [0.05, 0.1) is 11.4 Å². The van der Waals surface area contributed by atoms with Crippen LogP contribution < -0.4 is 5.56 Å². The summed E-state index contributed by atoms with van der Waals surface area (Å²) in [5.41, 5.74) is 5.01. The lowest BCUT2D eigenvalue weighted by Crippen LogP contribution is -2.36. The molecule has 1 aliphatic carbocycles. The Bertz CT molecular complexity index is 785. The number of nitrogens with zero attached hydrogens (tertiary/aromatic N) is 4. The SMILES string of the molecule is Cc1ccc(=O)n(CC2CCN(Cc3n[nH]c4c3CCCC4)CC2)n1. The van der Waals surface area contributed by atoms with Gasteiger partial charge in [-0.3, -0.25) is 14.8 Å². The zero-order chi connectivity index (χ0) is 17.2. The van der Waals surface area contributed by atoms with E-state index in [1.54, 1.807) is 16.8 Å². The van der Waals surface area contributed by atoms with E-state index in [2.05, 4.69) is 20.2 Å². The van der Waals surface area contributed by atoms with Crippen molar-refractivity contribution in [3.05, 3.63) is 45.1 Å². The summed E-state index contributed by atoms with van der Waals surface area (Å²) in [5, 5.41) is 12.2. The lowest BCUT2D eigenvalue weighted by atomic mass is 9.94. The third kappa shape index (κ3) is 3.68. The van der Waals surface area contributed by atoms with E-state index in [9.17, 15) is 4.79 Å². The highest BCUT2D eigenvalue weighted by atomic mass is 16.1. The van der Waals surface area contributed by atoms with Crippen LogP contribution in [0.3, 0.4) is 0 Å². The minimum atomic E-state index is 0.0104. The van der Waals surface area contributed by atoms with Gasteiger partial charge in [0, 0.05) is 24.8 Å². The smallest absolute Gasteiger partial charge is 0.266 e. The summed E-state index contributed by atoms with van der Waals surface area (Å²) in [6.07, 6.45) is 7.15. The number of hydrogen-bond acceptors (Lipinski definition) is 4. The molecule has 4 rings (SSSR count). The van der Waals surface area contributed by atoms with Gasteiger partial charge in [-0.25, -0.2) is 4.68 Å². The number of aromatic amines is 1. The largest absolute Gasteiger partial charge is 0.297 e. The molecular formula is C19H27N5O. The van der Waals surface area contributed by atoms with E-state index in [0.717, 1.165) is 51.1 Å². The first-order chi connectivity index (χ1) is 12.2. The standard InChI is InChI=1S/C19H27N5O/c1-14-6-7-19(25)24(22-14)12-15-8-10-23(11-9-15)13-18-16-4-2-3-5-17(16)20-21-18/h6-7,15H,2-5,8-13H2,1H3,(H,20,21). The van der Waals surface area contributed by atoms with Crippen molar-refractivity contribution in [3.8, 4) is 0 Å². The summed E-state index contributed by atoms with van der Waals surface area (Å²) in [4.78, 5) is 14.4. The Morgan fingerprint density at radius 2 is 2.00 bits per heavy atom. The number of H-pyrrole nitrogens is 1. The maximum atomic E-state index is 11.9. The molecule has 2 aliphatic rings. The van der Waals surface area contributed by atoms with E-state index < -0.39 is 0 Å². The molecule has 0 saturated carbocycles. The van der Waals surface area contributed by atoms with Crippen molar-refractivity contribution in [2.45, 2.75) is 58.5 Å². The lowest BCUT2D eigenvalue weighted by molar-refractivity contribution is 0.161. The van der Waals surface area contributed by atoms with Gasteiger partial charge < -0.3 is 0 Å². The summed E-state index contributed by atoms with van der Waals surface area (Å²) in [5.74, 6) is 0.538. The summed E-state index contributed by atoms with van der Waals surface area (Å²) < 4.78 is 1.64. The monoisotopic (exact) mass is 341 g/mol. The van der Waals surface area contributed by atoms with Crippen molar-refractivity contribution in [2.24, 2.45) is 5.92 Å². The molecule has 6 nitrogen and oxygen atoms in total. The molecule has 0 unspecified atom stereocenters. The first-order valence-electron chi connectivity index (χ1n) is 9.51. The molecule has 2 aromatic rings. The molecule has 0 radical (unpaired) electrons. The Labute approximate surface area is 148 Å². The number of aromatic nitrogens is 4. The quantitative estimate of drug-likeness (QED) is 0.924. The fourth-order valence-corrected chi connectivity index (χ4v) is 4.15. The van der Waals surface area contributed by atoms with Crippen LogP contribution in [0.25, 0.3) is 0 Å². The molecular weight excluding hydrogens is 314 g/mol. The minimum absolute atomic E-state index is 0.0104. The number of rotatable bonds is 4. The minimum Gasteiger partial charge on any atom is -0.297 e. The molecule has 0 atom stereocenters. The van der Waals surface area contributed by atoms with Crippen molar-refractivity contribution < 1.29 is 0 Å². The highest BCUT2D eigenvalue weighted by molar-refractivity contribution is 5.27. The molecule has 0 bridgehead atoms. The number of likely N-dealkylation sites (tertiary alicyclic amines) is 1. The van der Waals surface area contributed by atoms with Crippen molar-refractivity contribution in [3.63, 3.8) is 0 Å². The van der Waals surface area contributed by atoms with E-state index in [0.29, 0.717) is 5.92 Å². The van der Waals surface area contributed by atoms with Crippen LogP contribution in [0.5, 0.6) is 0 Å². The van der Waals surface area contributed by atoms with Gasteiger partial charge in [-0.05, 0) is 76.1 Å². The van der Waals surface area contributed by atoms with Crippen LogP contribution in [0.4, 0.5) is 0 Å². The maximum absolute atomic E-state index is 11.9. The average molecular weight is 341 g/mol. The number of nitrogens with one attached hydrogen (secondary N) is 1. The zero-order valence-electron chi connectivity index (χ0n) is 15.0. The highest BCUT2D eigenvalue weighted by Crippen LogP contribution is 2.25. The second-order valence-corrected chi connectivity index (χ2v) is 7.55. The van der Waals surface area contributed by atoms with Gasteiger partial charge in [-0.1, -0.05) is 0 Å². The summed E-state index contributed by atoms with van der Waals surface area (Å²) in [7, 11) is 0. The first kappa shape index (κ1) is 16.5. The van der Waals surface area contributed by atoms with Crippen molar-refractivity contribution >= 4 is 0 Å². The molecule has 6 heteroatoms. The van der Waals surface area contributed by atoms with Crippen LogP contribution in [0.2, 0.25) is 0 Å². The third-order valence-corrected chi connectivity index (χ3v) is 5.65. The average Bonchev–Trinajstić information content (AvgIpc) is 3.03. The van der Waals surface area contributed by atoms with Gasteiger partial charge in [0.2, 0.25) is 0 Å². The molecule has 0 spiro atoms. The molecule has 0 aromatic carbocycles. The number of hydrogen-bond donors (Lipinski definition) is 1. The molecule has 1 aliphatic heterocycles. The Kier molecular flexibility index (Phi) is 4.70. The normalized spacial score (nSPS) is 19.1. The van der Waals surface area contributed by atoms with E-state index in [4.69, 9.17) is 0 Å². The number of piperidine rings is 1.